The predicted molar refractivity (Wildman–Crippen MR) is 109 cm³/mol. The number of carbonyl (C=O) groups is 2. The van der Waals surface area contributed by atoms with E-state index in [2.05, 4.69) is 0 Å². The fraction of sp³-hybridized carbons (Fsp3) is 0.0833. The third-order valence-corrected chi connectivity index (χ3v) is 4.26. The molecule has 29 heavy (non-hydrogen) atoms. The van der Waals surface area contributed by atoms with Gasteiger partial charge in [-0.15, -0.1) is 0 Å². The quantitative estimate of drug-likeness (QED) is 0.249. The first-order valence-electron chi connectivity index (χ1n) is 8.92. The van der Waals surface area contributed by atoms with Crippen molar-refractivity contribution in [3.63, 3.8) is 0 Å². The summed E-state index contributed by atoms with van der Waals surface area (Å²) in [6.07, 6.45) is 2.62. The van der Waals surface area contributed by atoms with Crippen molar-refractivity contribution in [2.75, 3.05) is 7.11 Å². The van der Waals surface area contributed by atoms with Gasteiger partial charge in [0.1, 0.15) is 17.3 Å². The smallest absolute Gasteiger partial charge is 0.343 e. The molecule has 0 aliphatic rings. The summed E-state index contributed by atoms with van der Waals surface area (Å²) in [6.45, 7) is 1.91. The minimum atomic E-state index is -0.592. The van der Waals surface area contributed by atoms with Crippen LogP contribution in [0.5, 0.6) is 11.5 Å². The van der Waals surface area contributed by atoms with Gasteiger partial charge in [-0.2, -0.15) is 0 Å². The van der Waals surface area contributed by atoms with E-state index >= 15 is 0 Å². The van der Waals surface area contributed by atoms with E-state index in [1.165, 1.54) is 37.5 Å². The highest BCUT2D eigenvalue weighted by Crippen LogP contribution is 2.27. The highest BCUT2D eigenvalue weighted by Gasteiger charge is 2.16. The molecular formula is C24H19FO4. The van der Waals surface area contributed by atoms with Gasteiger partial charge in [-0.25, -0.2) is 9.18 Å². The van der Waals surface area contributed by atoms with Crippen molar-refractivity contribution in [1.82, 2.24) is 0 Å². The summed E-state index contributed by atoms with van der Waals surface area (Å²) in [7, 11) is 1.47. The first kappa shape index (κ1) is 20.0. The van der Waals surface area contributed by atoms with Gasteiger partial charge in [-0.05, 0) is 49.4 Å². The molecule has 0 bridgehead atoms. The van der Waals surface area contributed by atoms with E-state index in [1.807, 2.05) is 6.92 Å². The summed E-state index contributed by atoms with van der Waals surface area (Å²) in [5.74, 6) is -0.949. The number of methoxy groups -OCH3 is 1. The van der Waals surface area contributed by atoms with Crippen LogP contribution in [0.2, 0.25) is 0 Å². The number of aryl methyl sites for hydroxylation is 1. The van der Waals surface area contributed by atoms with Crippen LogP contribution < -0.4 is 9.47 Å². The Kier molecular flexibility index (Phi) is 6.19. The number of hydrogen-bond acceptors (Lipinski definition) is 4. The summed E-state index contributed by atoms with van der Waals surface area (Å²) in [5, 5.41) is 0. The number of benzene rings is 3. The Hall–Kier alpha value is -3.73. The largest absolute Gasteiger partial charge is 0.497 e. The summed E-state index contributed by atoms with van der Waals surface area (Å²) in [5.41, 5.74) is 1.82. The van der Waals surface area contributed by atoms with Gasteiger partial charge in [0.15, 0.2) is 5.78 Å². The van der Waals surface area contributed by atoms with E-state index < -0.39 is 17.6 Å². The van der Waals surface area contributed by atoms with Crippen LogP contribution in [0.15, 0.2) is 72.8 Å². The van der Waals surface area contributed by atoms with E-state index in [-0.39, 0.29) is 16.9 Å². The molecule has 0 radical (unpaired) electrons. The predicted octanol–water partition coefficient (Wildman–Crippen LogP) is 5.26. The van der Waals surface area contributed by atoms with E-state index in [4.69, 9.17) is 9.47 Å². The molecule has 0 saturated carbocycles. The van der Waals surface area contributed by atoms with Gasteiger partial charge in [0.2, 0.25) is 0 Å². The van der Waals surface area contributed by atoms with Crippen molar-refractivity contribution >= 4 is 17.8 Å². The van der Waals surface area contributed by atoms with E-state index in [0.29, 0.717) is 11.3 Å². The van der Waals surface area contributed by atoms with Crippen LogP contribution in [-0.4, -0.2) is 18.9 Å². The maximum absolute atomic E-state index is 13.8. The van der Waals surface area contributed by atoms with Crippen molar-refractivity contribution in [3.8, 4) is 11.5 Å². The molecule has 0 N–H and O–H groups in total. The van der Waals surface area contributed by atoms with Crippen molar-refractivity contribution in [2.24, 2.45) is 0 Å². The maximum atomic E-state index is 13.8. The first-order chi connectivity index (χ1) is 14.0. The molecule has 0 amide bonds. The molecule has 0 atom stereocenters. The lowest BCUT2D eigenvalue weighted by molar-refractivity contribution is 0.0733. The third kappa shape index (κ3) is 4.96. The van der Waals surface area contributed by atoms with Gasteiger partial charge in [-0.3, -0.25) is 4.79 Å². The van der Waals surface area contributed by atoms with Crippen LogP contribution in [0.4, 0.5) is 4.39 Å². The lowest BCUT2D eigenvalue weighted by atomic mass is 10.1. The summed E-state index contributed by atoms with van der Waals surface area (Å²) in [4.78, 5) is 25.2. The molecule has 0 spiro atoms. The number of hydrogen-bond donors (Lipinski definition) is 0. The zero-order valence-corrected chi connectivity index (χ0v) is 16.0. The number of halogens is 1. The molecule has 0 fully saturated rings. The van der Waals surface area contributed by atoms with Gasteiger partial charge in [0.05, 0.1) is 18.2 Å². The van der Waals surface area contributed by atoms with Crippen LogP contribution in [-0.2, 0) is 0 Å². The maximum Gasteiger partial charge on any atom is 0.343 e. The van der Waals surface area contributed by atoms with Crippen LogP contribution in [0, 0.1) is 12.7 Å². The van der Waals surface area contributed by atoms with Crippen LogP contribution in [0.3, 0.4) is 0 Å². The molecule has 146 valence electrons. The van der Waals surface area contributed by atoms with Crippen molar-refractivity contribution in [2.45, 2.75) is 6.92 Å². The molecule has 0 heterocycles. The highest BCUT2D eigenvalue weighted by atomic mass is 19.1. The molecule has 5 heteroatoms. The van der Waals surface area contributed by atoms with Gasteiger partial charge in [0.25, 0.3) is 0 Å². The van der Waals surface area contributed by atoms with E-state index in [0.717, 1.165) is 5.56 Å². The van der Waals surface area contributed by atoms with Crippen molar-refractivity contribution in [1.29, 1.82) is 0 Å². The standard InChI is InChI=1S/C24H19FO4/c1-16-7-9-18(10-8-16)24(27)29-23-15-19(28-2)12-13-20(23)22(26)14-11-17-5-3-4-6-21(17)25/h3-15H,1-2H3/b14-11+. The number of rotatable bonds is 6. The molecular weight excluding hydrogens is 371 g/mol. The lowest BCUT2D eigenvalue weighted by Gasteiger charge is -2.10. The Bertz CT molecular complexity index is 1070. The SMILES string of the molecule is COc1ccc(C(=O)/C=C/c2ccccc2F)c(OC(=O)c2ccc(C)cc2)c1. The van der Waals surface area contributed by atoms with Crippen LogP contribution >= 0.6 is 0 Å². The topological polar surface area (TPSA) is 52.6 Å². The summed E-state index contributed by atoms with van der Waals surface area (Å²) < 4.78 is 24.4. The van der Waals surface area contributed by atoms with Gasteiger partial charge >= 0.3 is 5.97 Å². The first-order valence-corrected chi connectivity index (χ1v) is 8.92. The molecule has 0 aliphatic heterocycles. The average molecular weight is 390 g/mol. The second kappa shape index (κ2) is 8.97. The van der Waals surface area contributed by atoms with Gasteiger partial charge < -0.3 is 9.47 Å². The van der Waals surface area contributed by atoms with Crippen LogP contribution in [0.25, 0.3) is 6.08 Å². The Morgan fingerprint density at radius 2 is 1.69 bits per heavy atom. The zero-order chi connectivity index (χ0) is 20.8. The fourth-order valence-electron chi connectivity index (χ4n) is 2.63. The summed E-state index contributed by atoms with van der Waals surface area (Å²) >= 11 is 0. The molecule has 0 saturated heterocycles. The molecule has 0 aromatic heterocycles. The van der Waals surface area contributed by atoms with Gasteiger partial charge in [-0.1, -0.05) is 35.9 Å². The highest BCUT2D eigenvalue weighted by molar-refractivity contribution is 6.09. The Labute approximate surface area is 168 Å². The Balaban J connectivity index is 1.88. The second-order valence-corrected chi connectivity index (χ2v) is 6.34. The number of ether oxygens (including phenoxy) is 2. The molecule has 0 aliphatic carbocycles. The molecule has 3 aromatic carbocycles. The normalized spacial score (nSPS) is 10.7. The fourth-order valence-corrected chi connectivity index (χ4v) is 2.63. The van der Waals surface area contributed by atoms with E-state index in [9.17, 15) is 14.0 Å². The lowest BCUT2D eigenvalue weighted by Crippen LogP contribution is -2.11. The van der Waals surface area contributed by atoms with Crippen molar-refractivity contribution in [3.05, 3.63) is 101 Å². The monoisotopic (exact) mass is 390 g/mol. The van der Waals surface area contributed by atoms with Gasteiger partial charge in [0, 0.05) is 11.6 Å². The molecule has 3 rings (SSSR count). The molecule has 4 nitrogen and oxygen atoms in total. The molecule has 3 aromatic rings. The third-order valence-electron chi connectivity index (χ3n) is 4.26. The van der Waals surface area contributed by atoms with E-state index in [1.54, 1.807) is 48.5 Å². The average Bonchev–Trinajstić information content (AvgIpc) is 2.73. The zero-order valence-electron chi connectivity index (χ0n) is 16.0. The number of allylic oxidation sites excluding steroid dienone is 1. The summed E-state index contributed by atoms with van der Waals surface area (Å²) in [6, 6.07) is 17.6. The number of esters is 1. The van der Waals surface area contributed by atoms with Crippen LogP contribution in [0.1, 0.15) is 31.8 Å². The number of ketones is 1. The van der Waals surface area contributed by atoms with Crippen molar-refractivity contribution < 1.29 is 23.5 Å². The Morgan fingerprint density at radius 1 is 0.966 bits per heavy atom. The Morgan fingerprint density at radius 3 is 2.38 bits per heavy atom. The number of carbonyl (C=O) groups excluding carboxylic acids is 2. The minimum Gasteiger partial charge on any atom is -0.497 e. The molecule has 0 unspecified atom stereocenters. The minimum absolute atomic E-state index is 0.0677. The second-order valence-electron chi connectivity index (χ2n) is 6.34.